The molecule has 2 aromatic rings. The summed E-state index contributed by atoms with van der Waals surface area (Å²) in [5, 5.41) is 16.1. The third-order valence-corrected chi connectivity index (χ3v) is 7.41. The fourth-order valence-electron chi connectivity index (χ4n) is 4.10. The van der Waals surface area contributed by atoms with E-state index in [2.05, 4.69) is 10.1 Å². The molecule has 0 spiro atoms. The van der Waals surface area contributed by atoms with Crippen LogP contribution in [0.15, 0.2) is 58.6 Å². The minimum absolute atomic E-state index is 0.0446. The monoisotopic (exact) mass is 557 g/mol. The summed E-state index contributed by atoms with van der Waals surface area (Å²) in [7, 11) is 1.70. The van der Waals surface area contributed by atoms with Crippen LogP contribution in [0.1, 0.15) is 51.7 Å². The number of halogens is 2. The first-order chi connectivity index (χ1) is 18.4. The molecule has 0 saturated carbocycles. The summed E-state index contributed by atoms with van der Waals surface area (Å²) in [6.07, 6.45) is 2.51. The Morgan fingerprint density at radius 3 is 2.56 bits per heavy atom. The van der Waals surface area contributed by atoms with Crippen LogP contribution in [0.5, 0.6) is 0 Å². The van der Waals surface area contributed by atoms with E-state index in [1.54, 1.807) is 25.1 Å². The van der Waals surface area contributed by atoms with Crippen LogP contribution in [0.3, 0.4) is 0 Å². The molecular weight excluding hydrogens is 524 g/mol. The van der Waals surface area contributed by atoms with Crippen LogP contribution in [-0.4, -0.2) is 57.7 Å². The van der Waals surface area contributed by atoms with Gasteiger partial charge in [-0.1, -0.05) is 42.1 Å². The second-order valence-electron chi connectivity index (χ2n) is 9.85. The van der Waals surface area contributed by atoms with Crippen molar-refractivity contribution in [3.05, 3.63) is 71.3 Å². The van der Waals surface area contributed by atoms with E-state index in [1.807, 2.05) is 51.1 Å². The Labute approximate surface area is 231 Å². The molecular formula is C27H33F2N7O2S. The number of hydroxylamine groups is 2. The maximum absolute atomic E-state index is 14.9. The van der Waals surface area contributed by atoms with Crippen LogP contribution in [0.25, 0.3) is 0 Å². The van der Waals surface area contributed by atoms with Gasteiger partial charge in [0.25, 0.3) is 0 Å². The number of thioether (sulfide) groups is 1. The summed E-state index contributed by atoms with van der Waals surface area (Å²) in [6, 6.07) is 11.9. The van der Waals surface area contributed by atoms with Gasteiger partial charge >= 0.3 is 6.03 Å². The van der Waals surface area contributed by atoms with Crippen LogP contribution < -0.4 is 5.73 Å². The Kier molecular flexibility index (Phi) is 9.53. The standard InChI is InChI=1S/C27H33F2N7O2S/c1-6-38-36(26(2,3)4)25(37)35-27(19-11-8-7-9-12-19,15-10-16-34(5)24(31)32-18-30)39-23(33-35)21-17-20(28)13-14-22(21)29/h7-9,11-14,17H,6,10,15-16H2,1-5H3,(H2,31,32). The number of hydrogen-bond acceptors (Lipinski definition) is 6. The summed E-state index contributed by atoms with van der Waals surface area (Å²) in [5.41, 5.74) is 5.82. The van der Waals surface area contributed by atoms with Gasteiger partial charge in [0.1, 0.15) is 21.5 Å². The molecule has 0 aromatic heterocycles. The highest BCUT2D eigenvalue weighted by Crippen LogP contribution is 2.51. The third kappa shape index (κ3) is 6.66. The molecule has 2 amide bonds. The van der Waals surface area contributed by atoms with Crippen LogP contribution in [0.4, 0.5) is 13.6 Å². The smallest absolute Gasteiger partial charge is 0.366 e. The number of benzene rings is 2. The Balaban J connectivity index is 2.14. The van der Waals surface area contributed by atoms with Gasteiger partial charge in [-0.2, -0.15) is 20.4 Å². The average molecular weight is 558 g/mol. The fourth-order valence-corrected chi connectivity index (χ4v) is 5.52. The van der Waals surface area contributed by atoms with Gasteiger partial charge in [0.2, 0.25) is 12.2 Å². The lowest BCUT2D eigenvalue weighted by Gasteiger charge is -2.41. The van der Waals surface area contributed by atoms with E-state index in [-0.39, 0.29) is 23.2 Å². The lowest BCUT2D eigenvalue weighted by atomic mass is 10.00. The molecule has 2 aromatic carbocycles. The molecule has 9 nitrogen and oxygen atoms in total. The SMILES string of the molecule is CCON(C(=O)N1N=C(c2cc(F)ccc2F)SC1(CCCN(C)C(N)=NC#N)c1ccccc1)C(C)(C)C. The zero-order chi connectivity index (χ0) is 28.8. The van der Waals surface area contributed by atoms with Crippen LogP contribution >= 0.6 is 11.8 Å². The van der Waals surface area contributed by atoms with E-state index in [4.69, 9.17) is 15.8 Å². The molecule has 0 saturated heterocycles. The normalized spacial score (nSPS) is 17.5. The van der Waals surface area contributed by atoms with Gasteiger partial charge in [-0.25, -0.2) is 13.6 Å². The second kappa shape index (κ2) is 12.4. The van der Waals surface area contributed by atoms with E-state index < -0.39 is 28.1 Å². The third-order valence-electron chi connectivity index (χ3n) is 5.97. The molecule has 12 heteroatoms. The number of rotatable bonds is 8. The topological polar surface area (TPSA) is 111 Å². The van der Waals surface area contributed by atoms with Gasteiger partial charge in [0, 0.05) is 19.2 Å². The summed E-state index contributed by atoms with van der Waals surface area (Å²) in [6.45, 7) is 7.91. The number of hydrazone groups is 1. The summed E-state index contributed by atoms with van der Waals surface area (Å²) >= 11 is 1.17. The molecule has 1 aliphatic rings. The molecule has 0 fully saturated rings. The number of nitrogens with zero attached hydrogens (tertiary/aromatic N) is 6. The Morgan fingerprint density at radius 2 is 1.95 bits per heavy atom. The van der Waals surface area contributed by atoms with E-state index in [9.17, 15) is 13.6 Å². The van der Waals surface area contributed by atoms with Crippen molar-refractivity contribution in [3.63, 3.8) is 0 Å². The largest absolute Gasteiger partial charge is 0.369 e. The van der Waals surface area contributed by atoms with E-state index in [1.165, 1.54) is 21.8 Å². The van der Waals surface area contributed by atoms with Gasteiger partial charge in [-0.15, -0.1) is 4.99 Å². The van der Waals surface area contributed by atoms with E-state index in [0.717, 1.165) is 23.8 Å². The number of aliphatic imine (C=N–C) groups is 1. The Hall–Kier alpha value is -3.69. The molecule has 1 atom stereocenters. The molecule has 0 aliphatic carbocycles. The van der Waals surface area contributed by atoms with Crippen LogP contribution in [0.2, 0.25) is 0 Å². The number of amides is 2. The fraction of sp³-hybridized carbons (Fsp3) is 0.407. The highest BCUT2D eigenvalue weighted by molar-refractivity contribution is 8.15. The van der Waals surface area contributed by atoms with Crippen molar-refractivity contribution in [2.45, 2.75) is 50.9 Å². The maximum atomic E-state index is 14.9. The summed E-state index contributed by atoms with van der Waals surface area (Å²) in [5.74, 6) is -1.21. The van der Waals surface area contributed by atoms with Gasteiger partial charge < -0.3 is 10.6 Å². The quantitative estimate of drug-likeness (QED) is 0.207. The molecule has 1 aliphatic heterocycles. The van der Waals surface area contributed by atoms with Gasteiger partial charge in [0.05, 0.1) is 12.1 Å². The van der Waals surface area contributed by atoms with Gasteiger partial charge in [-0.3, -0.25) is 4.84 Å². The number of carbonyl (C=O) groups is 1. The number of carbonyl (C=O) groups excluding carboxylic acids is 1. The molecule has 39 heavy (non-hydrogen) atoms. The van der Waals surface area contributed by atoms with Crippen molar-refractivity contribution in [1.82, 2.24) is 15.0 Å². The minimum atomic E-state index is -1.13. The van der Waals surface area contributed by atoms with Crippen LogP contribution in [0, 0.1) is 23.1 Å². The molecule has 0 radical (unpaired) electrons. The number of nitrogens with two attached hydrogens (primary N) is 1. The molecule has 1 unspecified atom stereocenters. The number of urea groups is 1. The van der Waals surface area contributed by atoms with E-state index in [0.29, 0.717) is 19.4 Å². The zero-order valence-corrected chi connectivity index (χ0v) is 23.5. The lowest BCUT2D eigenvalue weighted by molar-refractivity contribution is -0.172. The molecule has 3 rings (SSSR count). The van der Waals surface area contributed by atoms with Crippen molar-refractivity contribution in [2.24, 2.45) is 15.8 Å². The number of nitriles is 1. The average Bonchev–Trinajstić information content (AvgIpc) is 3.28. The van der Waals surface area contributed by atoms with Crippen molar-refractivity contribution < 1.29 is 18.4 Å². The first-order valence-electron chi connectivity index (χ1n) is 12.4. The summed E-state index contributed by atoms with van der Waals surface area (Å²) < 4.78 is 29.1. The summed E-state index contributed by atoms with van der Waals surface area (Å²) in [4.78, 5) is 24.0. The van der Waals surface area contributed by atoms with E-state index >= 15 is 0 Å². The molecule has 208 valence electrons. The predicted octanol–water partition coefficient (Wildman–Crippen LogP) is 5.21. The zero-order valence-electron chi connectivity index (χ0n) is 22.7. The van der Waals surface area contributed by atoms with Gasteiger partial charge in [-0.05, 0) is 64.3 Å². The van der Waals surface area contributed by atoms with Crippen molar-refractivity contribution >= 4 is 28.8 Å². The Morgan fingerprint density at radius 1 is 1.26 bits per heavy atom. The minimum Gasteiger partial charge on any atom is -0.369 e. The molecule has 2 N–H and O–H groups in total. The molecule has 0 bridgehead atoms. The first kappa shape index (κ1) is 29.9. The maximum Gasteiger partial charge on any atom is 0.366 e. The predicted molar refractivity (Wildman–Crippen MR) is 148 cm³/mol. The molecule has 1 heterocycles. The van der Waals surface area contributed by atoms with Crippen LogP contribution in [-0.2, 0) is 9.71 Å². The lowest BCUT2D eigenvalue weighted by Crippen LogP contribution is -2.54. The second-order valence-corrected chi connectivity index (χ2v) is 11.1. The number of guanidine groups is 1. The first-order valence-corrected chi connectivity index (χ1v) is 13.3. The van der Waals surface area contributed by atoms with Crippen molar-refractivity contribution in [3.8, 4) is 6.19 Å². The Bertz CT molecular complexity index is 1280. The highest BCUT2D eigenvalue weighted by Gasteiger charge is 2.51. The van der Waals surface area contributed by atoms with Crippen molar-refractivity contribution in [1.29, 1.82) is 5.26 Å². The highest BCUT2D eigenvalue weighted by atomic mass is 32.2. The van der Waals surface area contributed by atoms with Crippen molar-refractivity contribution in [2.75, 3.05) is 20.2 Å². The van der Waals surface area contributed by atoms with Gasteiger partial charge in [0.15, 0.2) is 0 Å². The number of hydrogen-bond donors (Lipinski definition) is 1.